The van der Waals surface area contributed by atoms with E-state index in [0.29, 0.717) is 22.9 Å². The second kappa shape index (κ2) is 9.42. The van der Waals surface area contributed by atoms with E-state index in [-0.39, 0.29) is 6.79 Å². The highest BCUT2D eigenvalue weighted by Gasteiger charge is 2.14. The molecule has 3 rings (SSSR count). The minimum absolute atomic E-state index is 0.186. The molecule has 0 saturated carbocycles. The van der Waals surface area contributed by atoms with Crippen molar-refractivity contribution in [3.05, 3.63) is 52.0 Å². The lowest BCUT2D eigenvalue weighted by atomic mass is 10.1. The van der Waals surface area contributed by atoms with Gasteiger partial charge in [0.15, 0.2) is 18.1 Å². The van der Waals surface area contributed by atoms with Crippen LogP contribution in [0.2, 0.25) is 0 Å². The topological polar surface area (TPSA) is 95.5 Å². The molecule has 0 saturated heterocycles. The van der Waals surface area contributed by atoms with Crippen LogP contribution in [0.25, 0.3) is 0 Å². The smallest absolute Gasteiger partial charge is 0.347 e. The zero-order valence-electron chi connectivity index (χ0n) is 15.9. The fourth-order valence-electron chi connectivity index (χ4n) is 2.45. The molecule has 0 atom stereocenters. The number of rotatable bonds is 7. The lowest BCUT2D eigenvalue weighted by Crippen LogP contribution is -2.22. The molecule has 29 heavy (non-hydrogen) atoms. The quantitative estimate of drug-likeness (QED) is 0.384. The van der Waals surface area contributed by atoms with Gasteiger partial charge in [0.05, 0.1) is 11.4 Å². The number of amides is 1. The molecule has 0 aromatic heterocycles. The molecule has 0 fully saturated rings. The Morgan fingerprint density at radius 2 is 1.93 bits per heavy atom. The van der Waals surface area contributed by atoms with E-state index in [2.05, 4.69) is 26.4 Å². The van der Waals surface area contributed by atoms with Crippen LogP contribution in [-0.4, -0.2) is 37.6 Å². The van der Waals surface area contributed by atoms with E-state index >= 15 is 0 Å². The van der Waals surface area contributed by atoms with Crippen molar-refractivity contribution in [2.24, 2.45) is 5.16 Å². The molecular weight excluding hydrogens is 444 g/mol. The minimum atomic E-state index is -0.703. The first-order valence-electron chi connectivity index (χ1n) is 8.70. The van der Waals surface area contributed by atoms with E-state index in [1.165, 1.54) is 0 Å². The van der Waals surface area contributed by atoms with Gasteiger partial charge < -0.3 is 24.4 Å². The van der Waals surface area contributed by atoms with Gasteiger partial charge in [0.1, 0.15) is 0 Å². The largest absolute Gasteiger partial charge is 0.454 e. The lowest BCUT2D eigenvalue weighted by molar-refractivity contribution is -0.151. The van der Waals surface area contributed by atoms with Crippen molar-refractivity contribution >= 4 is 39.2 Å². The summed E-state index contributed by atoms with van der Waals surface area (Å²) in [6.45, 7) is 3.02. The van der Waals surface area contributed by atoms with Crippen LogP contribution < -0.4 is 14.8 Å². The van der Waals surface area contributed by atoms with E-state index in [1.54, 1.807) is 25.1 Å². The van der Waals surface area contributed by atoms with Crippen molar-refractivity contribution in [1.82, 2.24) is 0 Å². The molecule has 0 spiro atoms. The molecule has 8 nitrogen and oxygen atoms in total. The molecule has 0 bridgehead atoms. The van der Waals surface area contributed by atoms with Gasteiger partial charge in [-0.3, -0.25) is 4.79 Å². The molecule has 1 N–H and O–H groups in total. The van der Waals surface area contributed by atoms with E-state index < -0.39 is 25.1 Å². The number of nitrogens with one attached hydrogen (secondary N) is 1. The third kappa shape index (κ3) is 5.71. The van der Waals surface area contributed by atoms with E-state index in [9.17, 15) is 9.59 Å². The van der Waals surface area contributed by atoms with E-state index in [1.807, 2.05) is 25.1 Å². The Kier molecular flexibility index (Phi) is 6.71. The Morgan fingerprint density at radius 1 is 1.14 bits per heavy atom. The van der Waals surface area contributed by atoms with Crippen molar-refractivity contribution < 1.29 is 28.6 Å². The lowest BCUT2D eigenvalue weighted by Gasteiger charge is -2.08. The highest BCUT2D eigenvalue weighted by atomic mass is 79.9. The molecule has 2 aromatic rings. The highest BCUT2D eigenvalue weighted by molar-refractivity contribution is 9.10. The molecule has 0 unspecified atom stereocenters. The zero-order valence-corrected chi connectivity index (χ0v) is 17.4. The number of ether oxygens (including phenoxy) is 3. The number of aryl methyl sites for hydroxylation is 1. The molecule has 0 aliphatic carbocycles. The molecule has 152 valence electrons. The van der Waals surface area contributed by atoms with Crippen LogP contribution in [-0.2, 0) is 19.2 Å². The van der Waals surface area contributed by atoms with Crippen molar-refractivity contribution in [2.45, 2.75) is 13.8 Å². The first-order chi connectivity index (χ1) is 13.9. The summed E-state index contributed by atoms with van der Waals surface area (Å²) in [6.07, 6.45) is 0. The summed E-state index contributed by atoms with van der Waals surface area (Å²) in [5, 5.41) is 6.54. The fraction of sp³-hybridized carbons (Fsp3) is 0.250. The number of fused-ring (bicyclic) bond motifs is 1. The maximum absolute atomic E-state index is 11.9. The number of hydrogen-bond acceptors (Lipinski definition) is 7. The third-order valence-corrected chi connectivity index (χ3v) is 4.59. The number of carbonyl (C=O) groups is 2. The maximum atomic E-state index is 11.9. The summed E-state index contributed by atoms with van der Waals surface area (Å²) in [5.41, 5.74) is 2.97. The first kappa shape index (κ1) is 20.7. The van der Waals surface area contributed by atoms with Gasteiger partial charge in [0, 0.05) is 10.0 Å². The van der Waals surface area contributed by atoms with Gasteiger partial charge in [0.2, 0.25) is 13.4 Å². The molecule has 9 heteroatoms. The Hall–Kier alpha value is -3.07. The zero-order chi connectivity index (χ0) is 20.8. The van der Waals surface area contributed by atoms with Crippen molar-refractivity contribution in [1.29, 1.82) is 0 Å². The molecule has 0 radical (unpaired) electrons. The summed E-state index contributed by atoms with van der Waals surface area (Å²) in [7, 11) is 0. The average molecular weight is 463 g/mol. The first-order valence-corrected chi connectivity index (χ1v) is 9.50. The van der Waals surface area contributed by atoms with E-state index in [0.717, 1.165) is 15.6 Å². The number of nitrogens with zero attached hydrogens (tertiary/aromatic N) is 1. The van der Waals surface area contributed by atoms with Crippen LogP contribution in [0, 0.1) is 6.92 Å². The Labute approximate surface area is 175 Å². The van der Waals surface area contributed by atoms with Crippen LogP contribution in [0.15, 0.2) is 46.0 Å². The molecule has 1 amide bonds. The summed E-state index contributed by atoms with van der Waals surface area (Å²) >= 11 is 3.37. The van der Waals surface area contributed by atoms with Gasteiger partial charge in [-0.1, -0.05) is 11.2 Å². The maximum Gasteiger partial charge on any atom is 0.347 e. The number of anilines is 1. The summed E-state index contributed by atoms with van der Waals surface area (Å²) in [4.78, 5) is 28.7. The molecule has 1 aliphatic heterocycles. The van der Waals surface area contributed by atoms with Crippen LogP contribution in [0.1, 0.15) is 18.1 Å². The summed E-state index contributed by atoms with van der Waals surface area (Å²) in [6, 6.07) is 10.8. The van der Waals surface area contributed by atoms with Gasteiger partial charge in [-0.2, -0.15) is 0 Å². The predicted molar refractivity (Wildman–Crippen MR) is 109 cm³/mol. The normalized spacial score (nSPS) is 12.4. The third-order valence-electron chi connectivity index (χ3n) is 3.94. The van der Waals surface area contributed by atoms with Crippen LogP contribution >= 0.6 is 15.9 Å². The van der Waals surface area contributed by atoms with Gasteiger partial charge >= 0.3 is 5.97 Å². The van der Waals surface area contributed by atoms with Gasteiger partial charge in [-0.15, -0.1) is 0 Å². The minimum Gasteiger partial charge on any atom is -0.454 e. The van der Waals surface area contributed by atoms with Crippen LogP contribution in [0.5, 0.6) is 11.5 Å². The van der Waals surface area contributed by atoms with Crippen LogP contribution in [0.3, 0.4) is 0 Å². The molecule has 1 heterocycles. The Bertz CT molecular complexity index is 960. The number of benzene rings is 2. The van der Waals surface area contributed by atoms with Crippen molar-refractivity contribution in [2.75, 3.05) is 25.3 Å². The number of hydrogen-bond donors (Lipinski definition) is 1. The number of halogens is 1. The summed E-state index contributed by atoms with van der Waals surface area (Å²) in [5.74, 6) is 0.137. The van der Waals surface area contributed by atoms with Gasteiger partial charge in [-0.05, 0) is 65.7 Å². The second-order valence-electron chi connectivity index (χ2n) is 6.21. The Balaban J connectivity index is 1.42. The average Bonchev–Trinajstić information content (AvgIpc) is 3.16. The molecular formula is C20H19BrN2O6. The fourth-order valence-corrected chi connectivity index (χ4v) is 3.04. The Morgan fingerprint density at radius 3 is 2.72 bits per heavy atom. The number of carbonyl (C=O) groups excluding carboxylic acids is 2. The number of oxime groups is 1. The predicted octanol–water partition coefficient (Wildman–Crippen LogP) is 3.41. The van der Waals surface area contributed by atoms with Crippen molar-refractivity contribution in [3.8, 4) is 11.5 Å². The van der Waals surface area contributed by atoms with Gasteiger partial charge in [0.25, 0.3) is 5.91 Å². The second-order valence-corrected chi connectivity index (χ2v) is 7.06. The SMILES string of the molecule is C/C(=N\OCC(=O)OCC(=O)Nc1ccc(C)cc1Br)c1ccc2c(c1)OCO2. The monoisotopic (exact) mass is 462 g/mol. The molecule has 2 aromatic carbocycles. The highest BCUT2D eigenvalue weighted by Crippen LogP contribution is 2.32. The van der Waals surface area contributed by atoms with E-state index in [4.69, 9.17) is 19.0 Å². The summed E-state index contributed by atoms with van der Waals surface area (Å²) < 4.78 is 16.2. The molecule has 1 aliphatic rings. The number of esters is 1. The van der Waals surface area contributed by atoms with Crippen LogP contribution in [0.4, 0.5) is 5.69 Å². The van der Waals surface area contributed by atoms with Crippen molar-refractivity contribution in [3.63, 3.8) is 0 Å². The standard InChI is InChI=1S/C20H19BrN2O6/c1-12-3-5-16(15(21)7-12)22-19(24)9-26-20(25)10-29-23-13(2)14-4-6-17-18(8-14)28-11-27-17/h3-8H,9-11H2,1-2H3,(H,22,24)/b23-13+. The van der Waals surface area contributed by atoms with Gasteiger partial charge in [-0.25, -0.2) is 4.79 Å².